The number of hydrogen-bond acceptors (Lipinski definition) is 3. The average molecular weight is 283 g/mol. The Morgan fingerprint density at radius 2 is 2.05 bits per heavy atom. The molecule has 0 aromatic heterocycles. The average Bonchev–Trinajstić information content (AvgIpc) is 2.55. The Labute approximate surface area is 118 Å². The summed E-state index contributed by atoms with van der Waals surface area (Å²) in [5.41, 5.74) is 7.05. The van der Waals surface area contributed by atoms with E-state index in [0.29, 0.717) is 22.9 Å². The Morgan fingerprint density at radius 1 is 1.32 bits per heavy atom. The van der Waals surface area contributed by atoms with Crippen LogP contribution in [-0.2, 0) is 6.42 Å². The van der Waals surface area contributed by atoms with Crippen LogP contribution in [0.2, 0.25) is 5.02 Å². The number of benzene rings is 1. The van der Waals surface area contributed by atoms with Gasteiger partial charge in [0, 0.05) is 22.7 Å². The van der Waals surface area contributed by atoms with Crippen molar-refractivity contribution in [3.8, 4) is 0 Å². The van der Waals surface area contributed by atoms with Gasteiger partial charge in [0.2, 0.25) is 0 Å². The summed E-state index contributed by atoms with van der Waals surface area (Å²) in [4.78, 5) is 10.7. The van der Waals surface area contributed by atoms with Gasteiger partial charge in [-0.15, -0.1) is 0 Å². The first kappa shape index (κ1) is 14.3. The van der Waals surface area contributed by atoms with E-state index in [1.165, 1.54) is 12.5 Å². The predicted octanol–water partition coefficient (Wildman–Crippen LogP) is 3.70. The number of rotatable bonds is 3. The van der Waals surface area contributed by atoms with Crippen molar-refractivity contribution in [3.05, 3.63) is 38.9 Å². The molecule has 1 saturated carbocycles. The summed E-state index contributed by atoms with van der Waals surface area (Å²) in [6.07, 6.45) is 6.24. The smallest absolute Gasteiger partial charge is 0.272 e. The lowest BCUT2D eigenvalue weighted by Crippen LogP contribution is -2.30. The zero-order valence-electron chi connectivity index (χ0n) is 10.8. The molecule has 4 nitrogen and oxygen atoms in total. The van der Waals surface area contributed by atoms with Crippen LogP contribution in [0.5, 0.6) is 0 Å². The molecule has 0 radical (unpaired) electrons. The van der Waals surface area contributed by atoms with Crippen molar-refractivity contribution in [3.63, 3.8) is 0 Å². The SMILES string of the molecule is NC1CCCCCC1Cc1cc(Cl)ccc1[N+](=O)[O-]. The molecule has 0 spiro atoms. The van der Waals surface area contributed by atoms with Crippen LogP contribution < -0.4 is 5.73 Å². The molecule has 1 aliphatic carbocycles. The molecule has 1 fully saturated rings. The first-order chi connectivity index (χ1) is 9.08. The lowest BCUT2D eigenvalue weighted by molar-refractivity contribution is -0.385. The zero-order valence-corrected chi connectivity index (χ0v) is 11.6. The summed E-state index contributed by atoms with van der Waals surface area (Å²) in [6, 6.07) is 4.90. The fourth-order valence-corrected chi connectivity index (χ4v) is 3.04. The summed E-state index contributed by atoms with van der Waals surface area (Å²) >= 11 is 5.95. The predicted molar refractivity (Wildman–Crippen MR) is 76.4 cm³/mol. The van der Waals surface area contributed by atoms with Gasteiger partial charge >= 0.3 is 0 Å². The minimum Gasteiger partial charge on any atom is -0.327 e. The van der Waals surface area contributed by atoms with E-state index < -0.39 is 0 Å². The van der Waals surface area contributed by atoms with Crippen LogP contribution in [0.3, 0.4) is 0 Å². The van der Waals surface area contributed by atoms with Crippen molar-refractivity contribution in [2.24, 2.45) is 11.7 Å². The first-order valence-electron chi connectivity index (χ1n) is 6.76. The van der Waals surface area contributed by atoms with Gasteiger partial charge in [0.15, 0.2) is 0 Å². The molecule has 0 bridgehead atoms. The van der Waals surface area contributed by atoms with Crippen molar-refractivity contribution in [2.45, 2.75) is 44.6 Å². The zero-order chi connectivity index (χ0) is 13.8. The van der Waals surface area contributed by atoms with Gasteiger partial charge in [-0.3, -0.25) is 10.1 Å². The van der Waals surface area contributed by atoms with Crippen LogP contribution in [0.4, 0.5) is 5.69 Å². The molecule has 2 unspecified atom stereocenters. The topological polar surface area (TPSA) is 69.2 Å². The second-order valence-electron chi connectivity index (χ2n) is 5.30. The van der Waals surface area contributed by atoms with Crippen molar-refractivity contribution in [2.75, 3.05) is 0 Å². The number of halogens is 1. The van der Waals surface area contributed by atoms with E-state index in [1.807, 2.05) is 0 Å². The monoisotopic (exact) mass is 282 g/mol. The van der Waals surface area contributed by atoms with Gasteiger partial charge in [0.05, 0.1) is 4.92 Å². The number of hydrogen-bond donors (Lipinski definition) is 1. The van der Waals surface area contributed by atoms with E-state index in [4.69, 9.17) is 17.3 Å². The fourth-order valence-electron chi connectivity index (χ4n) is 2.84. The maximum atomic E-state index is 11.1. The van der Waals surface area contributed by atoms with Crippen LogP contribution in [0.15, 0.2) is 18.2 Å². The number of nitro groups is 1. The molecular weight excluding hydrogens is 264 g/mol. The minimum atomic E-state index is -0.339. The van der Waals surface area contributed by atoms with Gasteiger partial charge in [-0.25, -0.2) is 0 Å². The highest BCUT2D eigenvalue weighted by atomic mass is 35.5. The van der Waals surface area contributed by atoms with Crippen molar-refractivity contribution < 1.29 is 4.92 Å². The summed E-state index contributed by atoms with van der Waals surface area (Å²) in [5.74, 6) is 0.319. The van der Waals surface area contributed by atoms with Crippen LogP contribution >= 0.6 is 11.6 Å². The minimum absolute atomic E-state index is 0.140. The third-order valence-electron chi connectivity index (χ3n) is 3.94. The van der Waals surface area contributed by atoms with Gasteiger partial charge in [-0.2, -0.15) is 0 Å². The lowest BCUT2D eigenvalue weighted by atomic mass is 9.88. The van der Waals surface area contributed by atoms with Crippen molar-refractivity contribution >= 4 is 17.3 Å². The normalized spacial score (nSPS) is 23.9. The molecule has 2 rings (SSSR count). The molecule has 2 N–H and O–H groups in total. The quantitative estimate of drug-likeness (QED) is 0.522. The fraction of sp³-hybridized carbons (Fsp3) is 0.571. The molecule has 0 aliphatic heterocycles. The first-order valence-corrected chi connectivity index (χ1v) is 7.14. The van der Waals surface area contributed by atoms with Gasteiger partial charge in [-0.05, 0) is 37.3 Å². The lowest BCUT2D eigenvalue weighted by Gasteiger charge is -2.21. The molecule has 104 valence electrons. The second kappa shape index (κ2) is 6.35. The highest BCUT2D eigenvalue weighted by Gasteiger charge is 2.24. The summed E-state index contributed by atoms with van der Waals surface area (Å²) in [6.45, 7) is 0. The Hall–Kier alpha value is -1.13. The van der Waals surface area contributed by atoms with Crippen molar-refractivity contribution in [1.82, 2.24) is 0 Å². The molecule has 1 aliphatic rings. The number of nitrogens with two attached hydrogens (primary N) is 1. The molecular formula is C14H19ClN2O2. The Balaban J connectivity index is 2.21. The highest BCUT2D eigenvalue weighted by Crippen LogP contribution is 2.30. The highest BCUT2D eigenvalue weighted by molar-refractivity contribution is 6.30. The van der Waals surface area contributed by atoms with E-state index in [0.717, 1.165) is 25.7 Å². The van der Waals surface area contributed by atoms with E-state index in [1.54, 1.807) is 12.1 Å². The molecule has 5 heteroatoms. The van der Waals surface area contributed by atoms with E-state index in [2.05, 4.69) is 0 Å². The van der Waals surface area contributed by atoms with Crippen LogP contribution in [0.1, 0.15) is 37.7 Å². The summed E-state index contributed by atoms with van der Waals surface area (Å²) < 4.78 is 0. The Bertz CT molecular complexity index is 465. The molecule has 0 saturated heterocycles. The van der Waals surface area contributed by atoms with Gasteiger partial charge in [-0.1, -0.05) is 30.9 Å². The molecule has 0 heterocycles. The maximum absolute atomic E-state index is 11.1. The standard InChI is InChI=1S/C14H19ClN2O2/c15-12-6-7-14(17(18)19)11(9-12)8-10-4-2-1-3-5-13(10)16/h6-7,9-10,13H,1-5,8,16H2. The third kappa shape index (κ3) is 3.67. The van der Waals surface area contributed by atoms with Crippen LogP contribution in [0.25, 0.3) is 0 Å². The van der Waals surface area contributed by atoms with Crippen LogP contribution in [-0.4, -0.2) is 11.0 Å². The Kier molecular flexibility index (Phi) is 4.77. The number of nitrogens with zero attached hydrogens (tertiary/aromatic N) is 1. The molecule has 0 amide bonds. The van der Waals surface area contributed by atoms with Gasteiger partial charge in [0.25, 0.3) is 5.69 Å². The largest absolute Gasteiger partial charge is 0.327 e. The van der Waals surface area contributed by atoms with Crippen LogP contribution in [0, 0.1) is 16.0 Å². The summed E-state index contributed by atoms with van der Waals surface area (Å²) in [7, 11) is 0. The van der Waals surface area contributed by atoms with E-state index in [-0.39, 0.29) is 16.7 Å². The van der Waals surface area contributed by atoms with Gasteiger partial charge in [0.1, 0.15) is 0 Å². The molecule has 1 aromatic rings. The molecule has 1 aromatic carbocycles. The van der Waals surface area contributed by atoms with E-state index in [9.17, 15) is 10.1 Å². The van der Waals surface area contributed by atoms with Gasteiger partial charge < -0.3 is 5.73 Å². The second-order valence-corrected chi connectivity index (χ2v) is 5.73. The number of nitro benzene ring substituents is 1. The van der Waals surface area contributed by atoms with E-state index >= 15 is 0 Å². The third-order valence-corrected chi connectivity index (χ3v) is 4.17. The molecule has 19 heavy (non-hydrogen) atoms. The maximum Gasteiger partial charge on any atom is 0.272 e. The molecule has 2 atom stereocenters. The summed E-state index contributed by atoms with van der Waals surface area (Å²) in [5, 5.41) is 11.6. The van der Waals surface area contributed by atoms with Crippen molar-refractivity contribution in [1.29, 1.82) is 0 Å². The Morgan fingerprint density at radius 3 is 2.79 bits per heavy atom.